The molecule has 0 fully saturated rings. The molecule has 0 aliphatic carbocycles. The highest BCUT2D eigenvalue weighted by Crippen LogP contribution is 2.18. The minimum absolute atomic E-state index is 0.0791. The van der Waals surface area contributed by atoms with E-state index < -0.39 is 6.10 Å². The van der Waals surface area contributed by atoms with Gasteiger partial charge in [-0.2, -0.15) is 0 Å². The third-order valence-corrected chi connectivity index (χ3v) is 14.8. The first kappa shape index (κ1) is 73.1. The van der Waals surface area contributed by atoms with Crippen LogP contribution in [0.25, 0.3) is 0 Å². The number of allylic oxidation sites excluding steroid dienone is 10. The molecule has 0 aromatic heterocycles. The zero-order chi connectivity index (χ0) is 55.0. The number of esters is 3. The number of carbonyl (C=O) groups is 3. The van der Waals surface area contributed by atoms with Crippen LogP contribution in [0.15, 0.2) is 60.8 Å². The van der Waals surface area contributed by atoms with Crippen LogP contribution in [0.5, 0.6) is 0 Å². The van der Waals surface area contributed by atoms with E-state index in [9.17, 15) is 14.4 Å². The van der Waals surface area contributed by atoms with Crippen molar-refractivity contribution in [2.24, 2.45) is 0 Å². The second-order valence-corrected chi connectivity index (χ2v) is 22.4. The van der Waals surface area contributed by atoms with Crippen molar-refractivity contribution in [3.8, 4) is 0 Å². The molecule has 76 heavy (non-hydrogen) atoms. The summed E-state index contributed by atoms with van der Waals surface area (Å²) >= 11 is 0. The maximum atomic E-state index is 12.8. The smallest absolute Gasteiger partial charge is 0.306 e. The van der Waals surface area contributed by atoms with Crippen molar-refractivity contribution < 1.29 is 28.6 Å². The van der Waals surface area contributed by atoms with E-state index in [4.69, 9.17) is 14.2 Å². The average molecular weight is 1060 g/mol. The van der Waals surface area contributed by atoms with Crippen LogP contribution >= 0.6 is 0 Å². The molecule has 0 saturated heterocycles. The Morgan fingerprint density at radius 3 is 0.803 bits per heavy atom. The molecule has 0 rings (SSSR count). The minimum atomic E-state index is -0.781. The summed E-state index contributed by atoms with van der Waals surface area (Å²) in [4.78, 5) is 38.0. The third kappa shape index (κ3) is 62.0. The molecule has 0 aliphatic heterocycles. The molecule has 1 unspecified atom stereocenters. The van der Waals surface area contributed by atoms with E-state index in [1.807, 2.05) is 0 Å². The molecule has 0 amide bonds. The minimum Gasteiger partial charge on any atom is -0.462 e. The molecular formula is C70H126O6. The molecule has 0 aromatic carbocycles. The highest BCUT2D eigenvalue weighted by molar-refractivity contribution is 5.71. The van der Waals surface area contributed by atoms with Crippen molar-refractivity contribution >= 4 is 17.9 Å². The van der Waals surface area contributed by atoms with Crippen molar-refractivity contribution in [2.45, 2.75) is 354 Å². The normalized spacial score (nSPS) is 12.4. The topological polar surface area (TPSA) is 78.9 Å². The van der Waals surface area contributed by atoms with Gasteiger partial charge < -0.3 is 14.2 Å². The van der Waals surface area contributed by atoms with Crippen molar-refractivity contribution in [1.82, 2.24) is 0 Å². The fourth-order valence-electron chi connectivity index (χ4n) is 9.83. The van der Waals surface area contributed by atoms with Crippen LogP contribution in [0.3, 0.4) is 0 Å². The molecule has 0 heterocycles. The summed E-state index contributed by atoms with van der Waals surface area (Å²) < 4.78 is 16.8. The summed E-state index contributed by atoms with van der Waals surface area (Å²) in [6, 6.07) is 0. The van der Waals surface area contributed by atoms with Crippen LogP contribution in [-0.2, 0) is 28.6 Å². The van der Waals surface area contributed by atoms with Gasteiger partial charge in [-0.1, -0.05) is 326 Å². The summed E-state index contributed by atoms with van der Waals surface area (Å²) in [5.41, 5.74) is 0. The van der Waals surface area contributed by atoms with E-state index >= 15 is 0 Å². The van der Waals surface area contributed by atoms with Gasteiger partial charge >= 0.3 is 17.9 Å². The van der Waals surface area contributed by atoms with E-state index in [-0.39, 0.29) is 31.1 Å². The van der Waals surface area contributed by atoms with Gasteiger partial charge in [0.25, 0.3) is 0 Å². The van der Waals surface area contributed by atoms with Crippen LogP contribution in [0, 0.1) is 0 Å². The number of carbonyl (C=O) groups excluding carboxylic acids is 3. The van der Waals surface area contributed by atoms with Gasteiger partial charge in [0.2, 0.25) is 0 Å². The molecule has 0 aliphatic rings. The Labute approximate surface area is 472 Å². The van der Waals surface area contributed by atoms with Crippen LogP contribution in [-0.4, -0.2) is 37.2 Å². The highest BCUT2D eigenvalue weighted by Gasteiger charge is 2.19. The summed E-state index contributed by atoms with van der Waals surface area (Å²) in [5.74, 6) is -0.892. The number of hydrogen-bond acceptors (Lipinski definition) is 6. The van der Waals surface area contributed by atoms with Crippen molar-refractivity contribution in [3.63, 3.8) is 0 Å². The Balaban J connectivity index is 4.00. The lowest BCUT2D eigenvalue weighted by molar-refractivity contribution is -0.167. The quantitative estimate of drug-likeness (QED) is 0.0261. The predicted octanol–water partition coefficient (Wildman–Crippen LogP) is 22.7. The SMILES string of the molecule is CC/C=C\C/C=C\C/C=C\C/C=C\C/C=C\CCCCCCCC(=O)OC(COC(=O)CCCCCCCC)COC(=O)CCCCCCCCCCCCCCCCCCCCCCCCCCCCCCCCC. The first-order chi connectivity index (χ1) is 37.5. The summed E-state index contributed by atoms with van der Waals surface area (Å²) in [5, 5.41) is 0. The zero-order valence-corrected chi connectivity index (χ0v) is 50.8. The van der Waals surface area contributed by atoms with Crippen molar-refractivity contribution in [2.75, 3.05) is 13.2 Å². The van der Waals surface area contributed by atoms with E-state index in [1.54, 1.807) is 0 Å². The maximum absolute atomic E-state index is 12.8. The molecule has 0 bridgehead atoms. The van der Waals surface area contributed by atoms with Crippen LogP contribution in [0.1, 0.15) is 348 Å². The first-order valence-electron chi connectivity index (χ1n) is 33.3. The summed E-state index contributed by atoms with van der Waals surface area (Å²) in [7, 11) is 0. The van der Waals surface area contributed by atoms with Crippen LogP contribution in [0.2, 0.25) is 0 Å². The average Bonchev–Trinajstić information content (AvgIpc) is 3.42. The summed E-state index contributed by atoms with van der Waals surface area (Å²) in [6.45, 7) is 6.50. The second-order valence-electron chi connectivity index (χ2n) is 22.4. The molecule has 6 nitrogen and oxygen atoms in total. The first-order valence-corrected chi connectivity index (χ1v) is 33.3. The Kier molecular flexibility index (Phi) is 62.2. The summed E-state index contributed by atoms with van der Waals surface area (Å²) in [6.07, 6.45) is 82.9. The number of hydrogen-bond donors (Lipinski definition) is 0. The fraction of sp³-hybridized carbons (Fsp3) is 0.814. The molecule has 1 atom stereocenters. The third-order valence-electron chi connectivity index (χ3n) is 14.8. The van der Waals surface area contributed by atoms with Crippen molar-refractivity contribution in [1.29, 1.82) is 0 Å². The van der Waals surface area contributed by atoms with E-state index in [2.05, 4.69) is 81.5 Å². The Morgan fingerprint density at radius 2 is 0.513 bits per heavy atom. The number of rotatable bonds is 61. The van der Waals surface area contributed by atoms with Gasteiger partial charge in [0, 0.05) is 19.3 Å². The molecule has 0 aromatic rings. The molecule has 0 saturated carbocycles. The molecule has 442 valence electrons. The van der Waals surface area contributed by atoms with Gasteiger partial charge in [-0.25, -0.2) is 0 Å². The van der Waals surface area contributed by atoms with E-state index in [0.717, 1.165) is 109 Å². The molecular weight excluding hydrogens is 937 g/mol. The van der Waals surface area contributed by atoms with Gasteiger partial charge in [0.1, 0.15) is 13.2 Å². The van der Waals surface area contributed by atoms with Gasteiger partial charge in [-0.05, 0) is 64.2 Å². The number of ether oxygens (including phenoxy) is 3. The highest BCUT2D eigenvalue weighted by atomic mass is 16.6. The van der Waals surface area contributed by atoms with Gasteiger partial charge in [0.15, 0.2) is 6.10 Å². The lowest BCUT2D eigenvalue weighted by atomic mass is 10.0. The molecule has 0 N–H and O–H groups in total. The Morgan fingerprint density at radius 1 is 0.276 bits per heavy atom. The molecule has 0 radical (unpaired) electrons. The lowest BCUT2D eigenvalue weighted by Gasteiger charge is -2.18. The zero-order valence-electron chi connectivity index (χ0n) is 50.8. The second kappa shape index (κ2) is 64.6. The van der Waals surface area contributed by atoms with Gasteiger partial charge in [-0.15, -0.1) is 0 Å². The van der Waals surface area contributed by atoms with E-state index in [0.29, 0.717) is 19.3 Å². The number of unbranched alkanes of at least 4 members (excludes halogenated alkanes) is 40. The fourth-order valence-corrected chi connectivity index (χ4v) is 9.83. The maximum Gasteiger partial charge on any atom is 0.306 e. The predicted molar refractivity (Wildman–Crippen MR) is 330 cm³/mol. The molecule has 0 spiro atoms. The largest absolute Gasteiger partial charge is 0.462 e. The van der Waals surface area contributed by atoms with Crippen molar-refractivity contribution in [3.05, 3.63) is 60.8 Å². The monoisotopic (exact) mass is 1060 g/mol. The van der Waals surface area contributed by atoms with Gasteiger partial charge in [0.05, 0.1) is 0 Å². The lowest BCUT2D eigenvalue weighted by Crippen LogP contribution is -2.30. The van der Waals surface area contributed by atoms with Gasteiger partial charge in [-0.3, -0.25) is 14.4 Å². The van der Waals surface area contributed by atoms with Crippen LogP contribution < -0.4 is 0 Å². The van der Waals surface area contributed by atoms with E-state index in [1.165, 1.54) is 199 Å². The Bertz CT molecular complexity index is 1360. The van der Waals surface area contributed by atoms with Crippen LogP contribution in [0.4, 0.5) is 0 Å². The molecule has 6 heteroatoms. The Hall–Kier alpha value is -2.89. The standard InChI is InChI=1S/C70H126O6/c1-4-7-10-13-16-18-20-22-24-26-28-30-31-32-33-34-35-36-37-38-39-41-42-44-46-48-50-52-54-57-60-63-69(72)75-66-67(65-74-68(71)62-59-56-15-12-9-6-3)76-70(73)64-61-58-55-53-51-49-47-45-43-40-29-27-25-23-21-19-17-14-11-8-5-2/h8,11,17,19,23,25,29,40,45,47,67H,4-7,9-10,12-16,18,20-22,24,26-28,30-39,41-44,46,48-66H2,1-3H3/b11-8-,19-17-,25-23-,40-29-,47-45-.